The van der Waals surface area contributed by atoms with Crippen LogP contribution in [0.15, 0.2) is 12.7 Å². The first-order valence-electron chi connectivity index (χ1n) is 8.45. The fraction of sp³-hybridized carbons (Fsp3) is 0.625. The van der Waals surface area contributed by atoms with E-state index in [0.717, 1.165) is 0 Å². The van der Waals surface area contributed by atoms with Crippen molar-refractivity contribution >= 4 is 23.0 Å². The minimum atomic E-state index is -1.13. The molecule has 0 amide bonds. The van der Waals surface area contributed by atoms with Gasteiger partial charge in [0.05, 0.1) is 6.33 Å². The van der Waals surface area contributed by atoms with Gasteiger partial charge in [-0.05, 0) is 27.7 Å². The van der Waals surface area contributed by atoms with Crippen molar-refractivity contribution in [2.75, 3.05) is 5.32 Å². The van der Waals surface area contributed by atoms with E-state index >= 15 is 0 Å². The van der Waals surface area contributed by atoms with E-state index in [1.807, 2.05) is 13.8 Å². The normalized spacial score (nSPS) is 30.0. The van der Waals surface area contributed by atoms with Gasteiger partial charge in [0.25, 0.3) is 0 Å². The van der Waals surface area contributed by atoms with E-state index in [0.29, 0.717) is 17.0 Å². The SMILES string of the molecule is CC(C)Nc1ncnc2c1ncn2[C@@H]1O[C@H](C(=O)O)[C@H]2OC(C)(C)O[C@H]21. The van der Waals surface area contributed by atoms with E-state index in [2.05, 4.69) is 20.3 Å². The van der Waals surface area contributed by atoms with Gasteiger partial charge in [0, 0.05) is 6.04 Å². The molecule has 0 aliphatic carbocycles. The minimum Gasteiger partial charge on any atom is -0.479 e. The topological polar surface area (TPSA) is 121 Å². The average molecular weight is 363 g/mol. The van der Waals surface area contributed by atoms with Crippen molar-refractivity contribution in [3.05, 3.63) is 12.7 Å². The van der Waals surface area contributed by atoms with Gasteiger partial charge >= 0.3 is 5.97 Å². The zero-order valence-electron chi connectivity index (χ0n) is 14.9. The van der Waals surface area contributed by atoms with Crippen molar-refractivity contribution in [2.24, 2.45) is 0 Å². The number of hydrogen-bond donors (Lipinski definition) is 2. The van der Waals surface area contributed by atoms with Crippen LogP contribution in [-0.2, 0) is 19.0 Å². The molecule has 0 saturated carbocycles. The summed E-state index contributed by atoms with van der Waals surface area (Å²) in [5, 5.41) is 12.7. The van der Waals surface area contributed by atoms with Crippen LogP contribution in [0.1, 0.15) is 33.9 Å². The van der Waals surface area contributed by atoms with Gasteiger partial charge in [-0.3, -0.25) is 4.57 Å². The smallest absolute Gasteiger partial charge is 0.335 e. The highest BCUT2D eigenvalue weighted by atomic mass is 16.8. The maximum absolute atomic E-state index is 11.6. The van der Waals surface area contributed by atoms with Gasteiger partial charge in [0.15, 0.2) is 35.1 Å². The summed E-state index contributed by atoms with van der Waals surface area (Å²) in [5.41, 5.74) is 1.12. The van der Waals surface area contributed by atoms with Crippen LogP contribution in [0.2, 0.25) is 0 Å². The number of hydrogen-bond acceptors (Lipinski definition) is 8. The molecule has 2 aliphatic heterocycles. The van der Waals surface area contributed by atoms with Crippen LogP contribution in [0.4, 0.5) is 5.82 Å². The number of aliphatic carboxylic acids is 1. The van der Waals surface area contributed by atoms with E-state index < -0.39 is 36.3 Å². The average Bonchev–Trinajstić information content (AvgIpc) is 3.17. The molecule has 0 aromatic carbocycles. The summed E-state index contributed by atoms with van der Waals surface area (Å²) in [4.78, 5) is 24.5. The molecule has 0 spiro atoms. The molecule has 2 N–H and O–H groups in total. The van der Waals surface area contributed by atoms with E-state index in [4.69, 9.17) is 14.2 Å². The molecule has 2 aliphatic rings. The molecule has 0 radical (unpaired) electrons. The lowest BCUT2D eigenvalue weighted by Crippen LogP contribution is -2.35. The summed E-state index contributed by atoms with van der Waals surface area (Å²) >= 11 is 0. The first-order chi connectivity index (χ1) is 12.3. The Bertz CT molecular complexity index is 851. The Balaban J connectivity index is 1.74. The molecular formula is C16H21N5O5. The number of imidazole rings is 1. The lowest BCUT2D eigenvalue weighted by Gasteiger charge is -2.23. The molecule has 4 atom stereocenters. The van der Waals surface area contributed by atoms with E-state index in [1.54, 1.807) is 24.7 Å². The summed E-state index contributed by atoms with van der Waals surface area (Å²) in [6.07, 6.45) is -0.137. The number of anilines is 1. The summed E-state index contributed by atoms with van der Waals surface area (Å²) < 4.78 is 19.1. The van der Waals surface area contributed by atoms with E-state index in [-0.39, 0.29) is 6.04 Å². The summed E-state index contributed by atoms with van der Waals surface area (Å²) in [7, 11) is 0. The number of carbonyl (C=O) groups is 1. The monoisotopic (exact) mass is 363 g/mol. The molecule has 4 heterocycles. The van der Waals surface area contributed by atoms with Gasteiger partial charge < -0.3 is 24.6 Å². The highest BCUT2D eigenvalue weighted by Gasteiger charge is 2.58. The summed E-state index contributed by atoms with van der Waals surface area (Å²) in [5.74, 6) is -1.37. The second kappa shape index (κ2) is 5.86. The molecule has 2 aromatic heterocycles. The highest BCUT2D eigenvalue weighted by Crippen LogP contribution is 2.43. The first-order valence-corrected chi connectivity index (χ1v) is 8.45. The van der Waals surface area contributed by atoms with Gasteiger partial charge in [0.1, 0.15) is 18.5 Å². The van der Waals surface area contributed by atoms with Gasteiger partial charge in [-0.1, -0.05) is 0 Å². The number of fused-ring (bicyclic) bond motifs is 2. The Morgan fingerprint density at radius 3 is 2.69 bits per heavy atom. The van der Waals surface area contributed by atoms with Gasteiger partial charge in [-0.15, -0.1) is 0 Å². The predicted octanol–water partition coefficient (Wildman–Crippen LogP) is 1.15. The van der Waals surface area contributed by atoms with Gasteiger partial charge in [0.2, 0.25) is 0 Å². The van der Waals surface area contributed by atoms with Crippen molar-refractivity contribution in [1.29, 1.82) is 0 Å². The Morgan fingerprint density at radius 2 is 2.00 bits per heavy atom. The third-order valence-electron chi connectivity index (χ3n) is 4.33. The summed E-state index contributed by atoms with van der Waals surface area (Å²) in [6.45, 7) is 7.50. The quantitative estimate of drug-likeness (QED) is 0.824. The van der Waals surface area contributed by atoms with Crippen LogP contribution in [-0.4, -0.2) is 60.7 Å². The fourth-order valence-electron chi connectivity index (χ4n) is 3.42. The second-order valence-corrected chi connectivity index (χ2v) is 7.20. The second-order valence-electron chi connectivity index (χ2n) is 7.20. The fourth-order valence-corrected chi connectivity index (χ4v) is 3.42. The lowest BCUT2D eigenvalue weighted by molar-refractivity contribution is -0.202. The van der Waals surface area contributed by atoms with E-state index in [9.17, 15) is 9.90 Å². The Hall–Kier alpha value is -2.30. The predicted molar refractivity (Wildman–Crippen MR) is 89.5 cm³/mol. The third-order valence-corrected chi connectivity index (χ3v) is 4.33. The van der Waals surface area contributed by atoms with Crippen molar-refractivity contribution in [3.8, 4) is 0 Å². The Morgan fingerprint density at radius 1 is 1.27 bits per heavy atom. The van der Waals surface area contributed by atoms with Crippen molar-refractivity contribution < 1.29 is 24.1 Å². The van der Waals surface area contributed by atoms with Crippen LogP contribution in [0.3, 0.4) is 0 Å². The molecule has 10 heteroatoms. The molecule has 0 unspecified atom stereocenters. The standard InChI is InChI=1S/C16H21N5O5/c1-7(2)20-12-8-13(18-5-17-12)21(6-19-8)14-10-9(11(24-14)15(22)23)25-16(3,4)26-10/h5-7,9-11,14H,1-4H3,(H,22,23)(H,17,18,20)/t9-,10+,11-,14+/m0/s1. The number of carboxylic acids is 1. The van der Waals surface area contributed by atoms with Crippen LogP contribution >= 0.6 is 0 Å². The maximum atomic E-state index is 11.6. The number of nitrogens with one attached hydrogen (secondary N) is 1. The number of rotatable bonds is 4. The maximum Gasteiger partial charge on any atom is 0.335 e. The first kappa shape index (κ1) is 17.1. The lowest BCUT2D eigenvalue weighted by atomic mass is 10.1. The number of nitrogens with zero attached hydrogens (tertiary/aromatic N) is 4. The van der Waals surface area contributed by atoms with Crippen molar-refractivity contribution in [2.45, 2.75) is 64.1 Å². The Labute approximate surface area is 149 Å². The van der Waals surface area contributed by atoms with E-state index in [1.165, 1.54) is 6.33 Å². The van der Waals surface area contributed by atoms with Gasteiger partial charge in [-0.25, -0.2) is 19.7 Å². The largest absolute Gasteiger partial charge is 0.479 e. The van der Waals surface area contributed by atoms with Crippen LogP contribution in [0.5, 0.6) is 0 Å². The number of aromatic nitrogens is 4. The third kappa shape index (κ3) is 2.70. The van der Waals surface area contributed by atoms with Crippen molar-refractivity contribution in [3.63, 3.8) is 0 Å². The molecular weight excluding hydrogens is 342 g/mol. The molecule has 10 nitrogen and oxygen atoms in total. The molecule has 2 saturated heterocycles. The van der Waals surface area contributed by atoms with Crippen molar-refractivity contribution in [1.82, 2.24) is 19.5 Å². The molecule has 2 aromatic rings. The highest BCUT2D eigenvalue weighted by molar-refractivity contribution is 5.83. The minimum absolute atomic E-state index is 0.175. The molecule has 4 rings (SSSR count). The summed E-state index contributed by atoms with van der Waals surface area (Å²) in [6, 6.07) is 0.175. The zero-order valence-corrected chi connectivity index (χ0v) is 14.9. The molecule has 0 bridgehead atoms. The van der Waals surface area contributed by atoms with Crippen LogP contribution < -0.4 is 5.32 Å². The van der Waals surface area contributed by atoms with Crippen LogP contribution in [0, 0.1) is 0 Å². The Kier molecular flexibility index (Phi) is 3.86. The molecule has 26 heavy (non-hydrogen) atoms. The van der Waals surface area contributed by atoms with Gasteiger partial charge in [-0.2, -0.15) is 0 Å². The molecule has 2 fully saturated rings. The van der Waals surface area contributed by atoms with Crippen LogP contribution in [0.25, 0.3) is 11.2 Å². The zero-order chi connectivity index (χ0) is 18.6. The number of ether oxygens (including phenoxy) is 3. The molecule has 140 valence electrons. The number of carboxylic acid groups (broad SMARTS) is 1.